The van der Waals surface area contributed by atoms with Gasteiger partial charge in [0, 0.05) is 25.0 Å². The second-order valence-electron chi connectivity index (χ2n) is 5.47. The summed E-state index contributed by atoms with van der Waals surface area (Å²) in [6.07, 6.45) is 1.54. The number of hydrogen-bond donors (Lipinski definition) is 2. The number of amides is 2. The second-order valence-corrected chi connectivity index (χ2v) is 5.47. The monoisotopic (exact) mass is 279 g/mol. The number of likely N-dealkylation sites (tertiary alicyclic amines) is 1. The molecule has 0 unspecified atom stereocenters. The Morgan fingerprint density at radius 3 is 2.50 bits per heavy atom. The molecule has 0 spiro atoms. The summed E-state index contributed by atoms with van der Waals surface area (Å²) in [6.45, 7) is 6.94. The van der Waals surface area contributed by atoms with Crippen LogP contribution in [0.4, 0.5) is 0 Å². The maximum atomic E-state index is 11.9. The molecule has 2 heterocycles. The molecule has 0 aromatic carbocycles. The summed E-state index contributed by atoms with van der Waals surface area (Å²) in [6, 6.07) is 0.0810. The number of H-pyrrole nitrogens is 1. The average molecular weight is 279 g/mol. The van der Waals surface area contributed by atoms with Gasteiger partial charge < -0.3 is 10.2 Å². The maximum Gasteiger partial charge on any atom is 0.291 e. The van der Waals surface area contributed by atoms with E-state index in [0.717, 1.165) is 12.8 Å². The lowest BCUT2D eigenvalue weighted by Gasteiger charge is -2.33. The van der Waals surface area contributed by atoms with Crippen LogP contribution in [0.1, 0.15) is 43.1 Å². The molecule has 1 aliphatic heterocycles. The Balaban J connectivity index is 1.83. The predicted octanol–water partition coefficient (Wildman–Crippen LogP) is 0.490. The van der Waals surface area contributed by atoms with Crippen LogP contribution in [0.3, 0.4) is 0 Å². The standard InChI is InChI=1S/C13H21N5O2/c1-8(2)13(20)18-6-4-10(5-7-18)15-12(19)11-14-9(3)16-17-11/h8,10H,4-7H2,1-3H3,(H,15,19)(H,14,16,17). The van der Waals surface area contributed by atoms with Crippen molar-refractivity contribution in [2.75, 3.05) is 13.1 Å². The van der Waals surface area contributed by atoms with E-state index in [1.807, 2.05) is 18.7 Å². The van der Waals surface area contributed by atoms with Crippen LogP contribution in [-0.2, 0) is 4.79 Å². The molecule has 0 aliphatic carbocycles. The number of nitrogens with zero attached hydrogens (tertiary/aromatic N) is 3. The molecule has 2 amide bonds. The quantitative estimate of drug-likeness (QED) is 0.842. The van der Waals surface area contributed by atoms with Gasteiger partial charge in [0.2, 0.25) is 11.7 Å². The Morgan fingerprint density at radius 2 is 2.00 bits per heavy atom. The zero-order valence-corrected chi connectivity index (χ0v) is 12.1. The molecule has 1 aromatic rings. The number of aromatic nitrogens is 3. The van der Waals surface area contributed by atoms with Gasteiger partial charge in [-0.1, -0.05) is 13.8 Å². The third kappa shape index (κ3) is 3.34. The van der Waals surface area contributed by atoms with Gasteiger partial charge in [-0.15, -0.1) is 5.10 Å². The number of aromatic amines is 1. The Bertz CT molecular complexity index is 489. The molecular weight excluding hydrogens is 258 g/mol. The molecular formula is C13H21N5O2. The van der Waals surface area contributed by atoms with Crippen LogP contribution in [0.5, 0.6) is 0 Å². The molecule has 0 bridgehead atoms. The third-order valence-electron chi connectivity index (χ3n) is 3.44. The molecule has 0 radical (unpaired) electrons. The van der Waals surface area contributed by atoms with Gasteiger partial charge in [0.05, 0.1) is 0 Å². The average Bonchev–Trinajstić information content (AvgIpc) is 2.85. The predicted molar refractivity (Wildman–Crippen MR) is 73.0 cm³/mol. The first-order chi connectivity index (χ1) is 9.47. The molecule has 20 heavy (non-hydrogen) atoms. The van der Waals surface area contributed by atoms with Crippen LogP contribution >= 0.6 is 0 Å². The lowest BCUT2D eigenvalue weighted by atomic mass is 10.0. The molecule has 1 saturated heterocycles. The number of piperidine rings is 1. The highest BCUT2D eigenvalue weighted by Crippen LogP contribution is 2.13. The minimum absolute atomic E-state index is 0.0253. The number of aryl methyl sites for hydroxylation is 1. The minimum atomic E-state index is -0.261. The number of nitrogens with one attached hydrogen (secondary N) is 2. The van der Waals surface area contributed by atoms with Crippen molar-refractivity contribution in [3.05, 3.63) is 11.6 Å². The molecule has 0 saturated carbocycles. The van der Waals surface area contributed by atoms with Gasteiger partial charge in [-0.3, -0.25) is 14.7 Å². The van der Waals surface area contributed by atoms with Crippen LogP contribution in [0, 0.1) is 12.8 Å². The highest BCUT2D eigenvalue weighted by atomic mass is 16.2. The Morgan fingerprint density at radius 1 is 1.35 bits per heavy atom. The van der Waals surface area contributed by atoms with E-state index in [-0.39, 0.29) is 29.6 Å². The normalized spacial score (nSPS) is 16.5. The van der Waals surface area contributed by atoms with Crippen molar-refractivity contribution < 1.29 is 9.59 Å². The fourth-order valence-electron chi connectivity index (χ4n) is 2.30. The first-order valence-corrected chi connectivity index (χ1v) is 6.96. The summed E-state index contributed by atoms with van der Waals surface area (Å²) < 4.78 is 0. The first-order valence-electron chi connectivity index (χ1n) is 6.96. The summed E-state index contributed by atoms with van der Waals surface area (Å²) in [5.74, 6) is 0.732. The molecule has 1 aromatic heterocycles. The summed E-state index contributed by atoms with van der Waals surface area (Å²) >= 11 is 0. The fourth-order valence-corrected chi connectivity index (χ4v) is 2.30. The minimum Gasteiger partial charge on any atom is -0.346 e. The Hall–Kier alpha value is -1.92. The van der Waals surface area contributed by atoms with Gasteiger partial charge in [-0.25, -0.2) is 4.98 Å². The van der Waals surface area contributed by atoms with Crippen LogP contribution in [0.15, 0.2) is 0 Å². The van der Waals surface area contributed by atoms with E-state index in [1.165, 1.54) is 0 Å². The molecule has 110 valence electrons. The van der Waals surface area contributed by atoms with Crippen molar-refractivity contribution in [2.24, 2.45) is 5.92 Å². The van der Waals surface area contributed by atoms with E-state index in [1.54, 1.807) is 6.92 Å². The Labute approximate surface area is 118 Å². The van der Waals surface area contributed by atoms with Gasteiger partial charge >= 0.3 is 0 Å². The summed E-state index contributed by atoms with van der Waals surface area (Å²) in [4.78, 5) is 29.6. The zero-order chi connectivity index (χ0) is 14.7. The molecule has 2 N–H and O–H groups in total. The second kappa shape index (κ2) is 6.02. The summed E-state index contributed by atoms with van der Waals surface area (Å²) in [7, 11) is 0. The molecule has 7 heteroatoms. The van der Waals surface area contributed by atoms with E-state index in [9.17, 15) is 9.59 Å². The number of carbonyl (C=O) groups excluding carboxylic acids is 2. The van der Waals surface area contributed by atoms with Gasteiger partial charge in [0.1, 0.15) is 5.82 Å². The first kappa shape index (κ1) is 14.5. The topological polar surface area (TPSA) is 91.0 Å². The molecule has 7 nitrogen and oxygen atoms in total. The van der Waals surface area contributed by atoms with Crippen LogP contribution in [-0.4, -0.2) is 51.0 Å². The maximum absolute atomic E-state index is 11.9. The Kier molecular flexibility index (Phi) is 4.36. The number of carbonyl (C=O) groups is 2. The van der Waals surface area contributed by atoms with Crippen molar-refractivity contribution in [3.8, 4) is 0 Å². The van der Waals surface area contributed by atoms with Gasteiger partial charge in [0.15, 0.2) is 0 Å². The number of hydrogen-bond acceptors (Lipinski definition) is 4. The SMILES string of the molecule is Cc1nc(C(=O)NC2CCN(C(=O)C(C)C)CC2)n[nH]1. The van der Waals surface area contributed by atoms with E-state index < -0.39 is 0 Å². The summed E-state index contributed by atoms with van der Waals surface area (Å²) in [5, 5.41) is 9.40. The van der Waals surface area contributed by atoms with E-state index in [0.29, 0.717) is 18.9 Å². The van der Waals surface area contributed by atoms with Crippen molar-refractivity contribution in [1.82, 2.24) is 25.4 Å². The lowest BCUT2D eigenvalue weighted by Crippen LogP contribution is -2.47. The molecule has 0 atom stereocenters. The fraction of sp³-hybridized carbons (Fsp3) is 0.692. The third-order valence-corrected chi connectivity index (χ3v) is 3.44. The van der Waals surface area contributed by atoms with Gasteiger partial charge in [0.25, 0.3) is 5.91 Å². The highest BCUT2D eigenvalue weighted by molar-refractivity contribution is 5.90. The van der Waals surface area contributed by atoms with Gasteiger partial charge in [-0.2, -0.15) is 0 Å². The molecule has 1 fully saturated rings. The van der Waals surface area contributed by atoms with Crippen molar-refractivity contribution in [3.63, 3.8) is 0 Å². The van der Waals surface area contributed by atoms with E-state index in [2.05, 4.69) is 20.5 Å². The zero-order valence-electron chi connectivity index (χ0n) is 12.1. The smallest absolute Gasteiger partial charge is 0.291 e. The molecule has 1 aliphatic rings. The van der Waals surface area contributed by atoms with Crippen LogP contribution in [0.2, 0.25) is 0 Å². The van der Waals surface area contributed by atoms with Crippen LogP contribution < -0.4 is 5.32 Å². The summed E-state index contributed by atoms with van der Waals surface area (Å²) in [5.41, 5.74) is 0. The highest BCUT2D eigenvalue weighted by Gasteiger charge is 2.26. The van der Waals surface area contributed by atoms with Crippen molar-refractivity contribution >= 4 is 11.8 Å². The van der Waals surface area contributed by atoms with E-state index in [4.69, 9.17) is 0 Å². The number of rotatable bonds is 3. The van der Waals surface area contributed by atoms with Crippen LogP contribution in [0.25, 0.3) is 0 Å². The largest absolute Gasteiger partial charge is 0.346 e. The van der Waals surface area contributed by atoms with Gasteiger partial charge in [-0.05, 0) is 19.8 Å². The van der Waals surface area contributed by atoms with E-state index >= 15 is 0 Å². The lowest BCUT2D eigenvalue weighted by molar-refractivity contribution is -0.135. The van der Waals surface area contributed by atoms with Crippen molar-refractivity contribution in [1.29, 1.82) is 0 Å². The van der Waals surface area contributed by atoms with Crippen molar-refractivity contribution in [2.45, 2.75) is 39.7 Å². The molecule has 2 rings (SSSR count).